The number of carbonyl (C=O) groups excluding carboxylic acids is 1. The Morgan fingerprint density at radius 3 is 2.46 bits per heavy atom. The number of ether oxygens (including phenoxy) is 2. The number of esters is 1. The summed E-state index contributed by atoms with van der Waals surface area (Å²) in [6.07, 6.45) is 1.84. The average Bonchev–Trinajstić information content (AvgIpc) is 3.02. The third-order valence-electron chi connectivity index (χ3n) is 3.94. The molecule has 1 atom stereocenters. The fourth-order valence-corrected chi connectivity index (χ4v) is 3.80. The van der Waals surface area contributed by atoms with Crippen molar-refractivity contribution in [2.24, 2.45) is 0 Å². The molecule has 9 heteroatoms. The Labute approximate surface area is 148 Å². The van der Waals surface area contributed by atoms with Crippen LogP contribution in [0.25, 0.3) is 0 Å². The molecule has 0 radical (unpaired) electrons. The number of rotatable bonds is 7. The molecular formula is C15H23ClN2O5S. The van der Waals surface area contributed by atoms with Crippen LogP contribution in [-0.4, -0.2) is 53.8 Å². The van der Waals surface area contributed by atoms with Crippen LogP contribution in [-0.2, 0) is 19.5 Å². The fraction of sp³-hybridized carbons (Fsp3) is 0.533. The molecule has 1 heterocycles. The second-order valence-corrected chi connectivity index (χ2v) is 7.35. The number of hydrogen-bond acceptors (Lipinski definition) is 6. The topological polar surface area (TPSA) is 93.7 Å². The summed E-state index contributed by atoms with van der Waals surface area (Å²) < 4.78 is 37.2. The molecule has 0 spiro atoms. The molecule has 1 aliphatic rings. The Bertz CT molecular complexity index is 642. The first-order valence-corrected chi connectivity index (χ1v) is 8.83. The van der Waals surface area contributed by atoms with Gasteiger partial charge in [0.25, 0.3) is 0 Å². The van der Waals surface area contributed by atoms with Gasteiger partial charge in [0.2, 0.25) is 10.0 Å². The second-order valence-electron chi connectivity index (χ2n) is 5.58. The minimum Gasteiger partial charge on any atom is -0.465 e. The van der Waals surface area contributed by atoms with Crippen LogP contribution in [0.5, 0.6) is 0 Å². The number of nitrogens with one attached hydrogen (secondary N) is 2. The SMILES string of the molecule is COCC1(CNS(=O)(=O)c2ccc(C(=O)OC)cc2)CCCN1.Cl. The Kier molecular flexibility index (Phi) is 7.62. The van der Waals surface area contributed by atoms with E-state index in [1.807, 2.05) is 0 Å². The van der Waals surface area contributed by atoms with Gasteiger partial charge in [-0.2, -0.15) is 0 Å². The van der Waals surface area contributed by atoms with Gasteiger partial charge in [-0.3, -0.25) is 0 Å². The average molecular weight is 379 g/mol. The van der Waals surface area contributed by atoms with Crippen molar-refractivity contribution in [2.75, 3.05) is 33.9 Å². The van der Waals surface area contributed by atoms with Crippen LogP contribution in [0.4, 0.5) is 0 Å². The van der Waals surface area contributed by atoms with Gasteiger partial charge in [0, 0.05) is 13.7 Å². The zero-order valence-corrected chi connectivity index (χ0v) is 15.3. The lowest BCUT2D eigenvalue weighted by atomic mass is 9.99. The summed E-state index contributed by atoms with van der Waals surface area (Å²) in [6.45, 7) is 1.54. The molecule has 0 saturated carbocycles. The van der Waals surface area contributed by atoms with E-state index in [-0.39, 0.29) is 29.4 Å². The molecule has 7 nitrogen and oxygen atoms in total. The van der Waals surface area contributed by atoms with Gasteiger partial charge >= 0.3 is 5.97 Å². The van der Waals surface area contributed by atoms with Crippen molar-refractivity contribution in [1.82, 2.24) is 10.0 Å². The Balaban J connectivity index is 0.00000288. The number of methoxy groups -OCH3 is 2. The summed E-state index contributed by atoms with van der Waals surface area (Å²) in [7, 11) is -0.776. The number of benzene rings is 1. The molecule has 1 aliphatic heterocycles. The van der Waals surface area contributed by atoms with E-state index in [0.717, 1.165) is 19.4 Å². The summed E-state index contributed by atoms with van der Waals surface area (Å²) in [5.41, 5.74) is -0.0619. The number of halogens is 1. The molecule has 1 unspecified atom stereocenters. The highest BCUT2D eigenvalue weighted by molar-refractivity contribution is 7.89. The van der Waals surface area contributed by atoms with E-state index >= 15 is 0 Å². The maximum atomic E-state index is 12.4. The zero-order valence-electron chi connectivity index (χ0n) is 13.7. The minimum atomic E-state index is -3.65. The second kappa shape index (κ2) is 8.77. The van der Waals surface area contributed by atoms with Gasteiger partial charge in [-0.05, 0) is 43.7 Å². The normalized spacial score (nSPS) is 20.4. The largest absolute Gasteiger partial charge is 0.465 e. The van der Waals surface area contributed by atoms with Crippen molar-refractivity contribution in [3.8, 4) is 0 Å². The molecule has 24 heavy (non-hydrogen) atoms. The van der Waals surface area contributed by atoms with Gasteiger partial charge in [-0.15, -0.1) is 12.4 Å². The summed E-state index contributed by atoms with van der Waals surface area (Å²) in [6, 6.07) is 5.64. The summed E-state index contributed by atoms with van der Waals surface area (Å²) in [5.74, 6) is -0.504. The van der Waals surface area contributed by atoms with Crippen LogP contribution in [0.1, 0.15) is 23.2 Å². The third kappa shape index (κ3) is 4.90. The Hall–Kier alpha value is -1.19. The minimum absolute atomic E-state index is 0. The van der Waals surface area contributed by atoms with Crippen LogP contribution in [0.3, 0.4) is 0 Å². The van der Waals surface area contributed by atoms with Crippen molar-refractivity contribution in [2.45, 2.75) is 23.3 Å². The lowest BCUT2D eigenvalue weighted by Gasteiger charge is -2.28. The van der Waals surface area contributed by atoms with Gasteiger partial charge in [-0.25, -0.2) is 17.9 Å². The summed E-state index contributed by atoms with van der Waals surface area (Å²) >= 11 is 0. The molecule has 1 aromatic rings. The first kappa shape index (κ1) is 20.9. The summed E-state index contributed by atoms with van der Waals surface area (Å²) in [4.78, 5) is 11.5. The van der Waals surface area contributed by atoms with Crippen LogP contribution in [0.15, 0.2) is 29.2 Å². The van der Waals surface area contributed by atoms with Crippen molar-refractivity contribution in [3.05, 3.63) is 29.8 Å². The zero-order chi connectivity index (χ0) is 16.9. The van der Waals surface area contributed by atoms with Crippen LogP contribution >= 0.6 is 12.4 Å². The molecule has 1 fully saturated rings. The predicted octanol–water partition coefficient (Wildman–Crippen LogP) is 0.942. The maximum absolute atomic E-state index is 12.4. The predicted molar refractivity (Wildman–Crippen MR) is 92.1 cm³/mol. The highest BCUT2D eigenvalue weighted by atomic mass is 35.5. The number of hydrogen-bond donors (Lipinski definition) is 2. The van der Waals surface area contributed by atoms with Crippen LogP contribution in [0, 0.1) is 0 Å². The van der Waals surface area contributed by atoms with E-state index in [9.17, 15) is 13.2 Å². The molecule has 0 amide bonds. The molecule has 1 aromatic carbocycles. The molecule has 0 aliphatic carbocycles. The van der Waals surface area contributed by atoms with E-state index < -0.39 is 16.0 Å². The van der Waals surface area contributed by atoms with E-state index in [4.69, 9.17) is 4.74 Å². The van der Waals surface area contributed by atoms with Gasteiger partial charge in [0.15, 0.2) is 0 Å². The van der Waals surface area contributed by atoms with Gasteiger partial charge in [0.05, 0.1) is 29.7 Å². The highest BCUT2D eigenvalue weighted by Crippen LogP contribution is 2.20. The standard InChI is InChI=1S/C15H22N2O5S.ClH/c1-21-11-15(8-3-9-16-15)10-17-23(19,20)13-6-4-12(5-7-13)14(18)22-2;/h4-7,16-17H,3,8-11H2,1-2H3;1H. The third-order valence-corrected chi connectivity index (χ3v) is 5.36. The van der Waals surface area contributed by atoms with E-state index in [1.54, 1.807) is 7.11 Å². The van der Waals surface area contributed by atoms with Crippen molar-refractivity contribution < 1.29 is 22.7 Å². The van der Waals surface area contributed by atoms with E-state index in [2.05, 4.69) is 14.8 Å². The van der Waals surface area contributed by atoms with Crippen LogP contribution < -0.4 is 10.0 Å². The fourth-order valence-electron chi connectivity index (χ4n) is 2.67. The molecule has 136 valence electrons. The summed E-state index contributed by atoms with van der Waals surface area (Å²) in [5, 5.41) is 3.31. The Morgan fingerprint density at radius 1 is 1.29 bits per heavy atom. The van der Waals surface area contributed by atoms with Gasteiger partial charge in [-0.1, -0.05) is 0 Å². The monoisotopic (exact) mass is 378 g/mol. The first-order valence-electron chi connectivity index (χ1n) is 7.34. The molecule has 1 saturated heterocycles. The number of sulfonamides is 1. The molecule has 0 bridgehead atoms. The van der Waals surface area contributed by atoms with Crippen molar-refractivity contribution in [1.29, 1.82) is 0 Å². The number of carbonyl (C=O) groups is 1. The van der Waals surface area contributed by atoms with Crippen LogP contribution in [0.2, 0.25) is 0 Å². The van der Waals surface area contributed by atoms with E-state index in [0.29, 0.717) is 12.2 Å². The highest BCUT2D eigenvalue weighted by Gasteiger charge is 2.34. The molecule has 2 N–H and O–H groups in total. The first-order chi connectivity index (χ1) is 10.9. The van der Waals surface area contributed by atoms with Gasteiger partial charge < -0.3 is 14.8 Å². The molecule has 0 aromatic heterocycles. The lowest BCUT2D eigenvalue weighted by molar-refractivity contribution is 0.0600. The van der Waals surface area contributed by atoms with Crippen molar-refractivity contribution in [3.63, 3.8) is 0 Å². The lowest BCUT2D eigenvalue weighted by Crippen LogP contribution is -2.52. The smallest absolute Gasteiger partial charge is 0.337 e. The van der Waals surface area contributed by atoms with Crippen molar-refractivity contribution >= 4 is 28.4 Å². The maximum Gasteiger partial charge on any atom is 0.337 e. The van der Waals surface area contributed by atoms with E-state index in [1.165, 1.54) is 31.4 Å². The Morgan fingerprint density at radius 2 is 1.96 bits per heavy atom. The quantitative estimate of drug-likeness (QED) is 0.686. The van der Waals surface area contributed by atoms with Gasteiger partial charge in [0.1, 0.15) is 0 Å². The molecule has 2 rings (SSSR count). The molecular weight excluding hydrogens is 356 g/mol.